The predicted octanol–water partition coefficient (Wildman–Crippen LogP) is 3.77. The number of benzene rings is 1. The van der Waals surface area contributed by atoms with Crippen molar-refractivity contribution in [2.24, 2.45) is 0 Å². The molecule has 0 radical (unpaired) electrons. The first kappa shape index (κ1) is 15.3. The van der Waals surface area contributed by atoms with Crippen molar-refractivity contribution in [2.75, 3.05) is 11.1 Å². The molecule has 0 saturated carbocycles. The zero-order valence-corrected chi connectivity index (χ0v) is 13.6. The molecule has 2 rings (SSSR count). The third-order valence-electron chi connectivity index (χ3n) is 2.10. The fourth-order valence-electron chi connectivity index (χ4n) is 1.33. The lowest BCUT2D eigenvalue weighted by atomic mass is 10.4. The second-order valence-electron chi connectivity index (χ2n) is 4.19. The predicted molar refractivity (Wildman–Crippen MR) is 86.7 cm³/mol. The van der Waals surface area contributed by atoms with E-state index in [2.05, 4.69) is 29.4 Å². The molecule has 0 aliphatic heterocycles. The summed E-state index contributed by atoms with van der Waals surface area (Å²) in [4.78, 5) is 12.9. The van der Waals surface area contributed by atoms with E-state index in [1.165, 1.54) is 23.1 Å². The highest BCUT2D eigenvalue weighted by Gasteiger charge is 2.10. The van der Waals surface area contributed by atoms with Crippen LogP contribution in [0.3, 0.4) is 0 Å². The maximum absolute atomic E-state index is 11.8. The molecular weight excluding hydrogens is 310 g/mol. The second kappa shape index (κ2) is 7.66. The summed E-state index contributed by atoms with van der Waals surface area (Å²) in [5.74, 6) is 0.312. The summed E-state index contributed by atoms with van der Waals surface area (Å²) in [5.41, 5.74) is 0. The molecule has 1 aromatic heterocycles. The number of thioether (sulfide) groups is 2. The van der Waals surface area contributed by atoms with Gasteiger partial charge in [0.05, 0.1) is 5.75 Å². The van der Waals surface area contributed by atoms with Gasteiger partial charge in [-0.15, -0.1) is 22.0 Å². The zero-order valence-electron chi connectivity index (χ0n) is 11.2. The minimum absolute atomic E-state index is 0.0592. The molecule has 2 aromatic rings. The first-order valence-electron chi connectivity index (χ1n) is 6.11. The van der Waals surface area contributed by atoms with Crippen LogP contribution < -0.4 is 5.32 Å². The van der Waals surface area contributed by atoms with E-state index < -0.39 is 0 Å². The van der Waals surface area contributed by atoms with Crippen LogP contribution in [0.15, 0.2) is 39.6 Å². The molecule has 7 heteroatoms. The number of carbonyl (C=O) groups is 1. The van der Waals surface area contributed by atoms with Gasteiger partial charge in [0.1, 0.15) is 0 Å². The van der Waals surface area contributed by atoms with Crippen LogP contribution in [0, 0.1) is 0 Å². The van der Waals surface area contributed by atoms with Gasteiger partial charge in [-0.25, -0.2) is 0 Å². The normalized spacial score (nSPS) is 10.8. The third kappa shape index (κ3) is 5.15. The molecule has 0 unspecified atom stereocenters. The van der Waals surface area contributed by atoms with E-state index in [9.17, 15) is 4.79 Å². The Labute approximate surface area is 130 Å². The summed E-state index contributed by atoms with van der Waals surface area (Å²) in [5, 5.41) is 11.8. The van der Waals surface area contributed by atoms with Crippen molar-refractivity contribution in [3.05, 3.63) is 30.3 Å². The molecule has 0 aliphatic rings. The highest BCUT2D eigenvalue weighted by atomic mass is 32.2. The Morgan fingerprint density at radius 2 is 2.05 bits per heavy atom. The number of aromatic nitrogens is 2. The number of nitrogens with zero attached hydrogens (tertiary/aromatic N) is 2. The van der Waals surface area contributed by atoms with Crippen LogP contribution in [0.4, 0.5) is 5.13 Å². The number of anilines is 1. The van der Waals surface area contributed by atoms with Gasteiger partial charge < -0.3 is 0 Å². The summed E-state index contributed by atoms with van der Waals surface area (Å²) >= 11 is 4.56. The molecule has 1 N–H and O–H groups in total. The van der Waals surface area contributed by atoms with E-state index in [1.54, 1.807) is 11.8 Å². The molecular formula is C13H15N3OS3. The zero-order chi connectivity index (χ0) is 14.4. The van der Waals surface area contributed by atoms with E-state index >= 15 is 0 Å². The monoisotopic (exact) mass is 325 g/mol. The van der Waals surface area contributed by atoms with Gasteiger partial charge in [-0.1, -0.05) is 55.1 Å². The Morgan fingerprint density at radius 1 is 1.30 bits per heavy atom. The molecule has 1 heterocycles. The lowest BCUT2D eigenvalue weighted by Gasteiger charge is -2.01. The summed E-state index contributed by atoms with van der Waals surface area (Å²) in [6.45, 7) is 4.20. The Morgan fingerprint density at radius 3 is 2.75 bits per heavy atom. The Hall–Kier alpha value is -1.05. The van der Waals surface area contributed by atoms with Gasteiger partial charge in [0.2, 0.25) is 11.0 Å². The van der Waals surface area contributed by atoms with Crippen LogP contribution in [-0.4, -0.2) is 27.1 Å². The molecule has 1 amide bonds. The molecule has 0 atom stereocenters. The topological polar surface area (TPSA) is 54.9 Å². The Balaban J connectivity index is 1.81. The molecule has 0 aliphatic carbocycles. The minimum atomic E-state index is -0.0592. The maximum Gasteiger partial charge on any atom is 0.236 e. The lowest BCUT2D eigenvalue weighted by molar-refractivity contribution is -0.113. The number of hydrogen-bond acceptors (Lipinski definition) is 6. The molecule has 1 aromatic carbocycles. The average molecular weight is 325 g/mol. The fourth-order valence-corrected chi connectivity index (χ4v) is 4.04. The van der Waals surface area contributed by atoms with Crippen molar-refractivity contribution in [3.8, 4) is 0 Å². The minimum Gasteiger partial charge on any atom is -0.300 e. The Kier molecular flexibility index (Phi) is 5.87. The molecule has 4 nitrogen and oxygen atoms in total. The van der Waals surface area contributed by atoms with Gasteiger partial charge in [0.15, 0.2) is 4.34 Å². The maximum atomic E-state index is 11.8. The molecule has 0 spiro atoms. The smallest absolute Gasteiger partial charge is 0.236 e. The molecule has 0 saturated heterocycles. The number of hydrogen-bond donors (Lipinski definition) is 1. The molecule has 0 fully saturated rings. The first-order chi connectivity index (χ1) is 9.63. The van der Waals surface area contributed by atoms with Crippen molar-refractivity contribution in [1.82, 2.24) is 10.2 Å². The molecule has 0 bridgehead atoms. The van der Waals surface area contributed by atoms with Crippen LogP contribution in [0.5, 0.6) is 0 Å². The van der Waals surface area contributed by atoms with Crippen molar-refractivity contribution in [1.29, 1.82) is 0 Å². The number of amides is 1. The summed E-state index contributed by atoms with van der Waals surface area (Å²) < 4.78 is 0.881. The van der Waals surface area contributed by atoms with Gasteiger partial charge >= 0.3 is 0 Å². The lowest BCUT2D eigenvalue weighted by Crippen LogP contribution is -2.13. The SMILES string of the molecule is CC(C)Sc1nnc(NC(=O)CSc2ccccc2)s1. The highest BCUT2D eigenvalue weighted by molar-refractivity contribution is 8.01. The second-order valence-corrected chi connectivity index (χ2v) is 8.04. The number of carbonyl (C=O) groups excluding carboxylic acids is 1. The van der Waals surface area contributed by atoms with Crippen LogP contribution in [-0.2, 0) is 4.79 Å². The average Bonchev–Trinajstić information content (AvgIpc) is 2.84. The number of nitrogens with one attached hydrogen (secondary N) is 1. The highest BCUT2D eigenvalue weighted by Crippen LogP contribution is 2.28. The van der Waals surface area contributed by atoms with Crippen LogP contribution in [0.1, 0.15) is 13.8 Å². The third-order valence-corrected chi connectivity index (χ3v) is 5.04. The summed E-state index contributed by atoms with van der Waals surface area (Å²) in [6.07, 6.45) is 0. The first-order valence-corrected chi connectivity index (χ1v) is 8.79. The van der Waals surface area contributed by atoms with Gasteiger partial charge in [-0.3, -0.25) is 10.1 Å². The van der Waals surface area contributed by atoms with Gasteiger partial charge in [0, 0.05) is 10.1 Å². The van der Waals surface area contributed by atoms with Gasteiger partial charge in [0.25, 0.3) is 0 Å². The summed E-state index contributed by atoms with van der Waals surface area (Å²) in [6, 6.07) is 9.85. The molecule has 106 valence electrons. The number of rotatable bonds is 6. The van der Waals surface area contributed by atoms with Crippen molar-refractivity contribution >= 4 is 45.9 Å². The van der Waals surface area contributed by atoms with Crippen molar-refractivity contribution < 1.29 is 4.79 Å². The standard InChI is InChI=1S/C13H15N3OS3/c1-9(2)19-13-16-15-12(20-13)14-11(17)8-18-10-6-4-3-5-7-10/h3-7,9H,8H2,1-2H3,(H,14,15,17). The van der Waals surface area contributed by atoms with E-state index in [-0.39, 0.29) is 5.91 Å². The van der Waals surface area contributed by atoms with Crippen LogP contribution >= 0.6 is 34.9 Å². The van der Waals surface area contributed by atoms with Gasteiger partial charge in [-0.05, 0) is 12.1 Å². The Bertz CT molecular complexity index is 557. The van der Waals surface area contributed by atoms with E-state index in [4.69, 9.17) is 0 Å². The van der Waals surface area contributed by atoms with Crippen molar-refractivity contribution in [2.45, 2.75) is 28.3 Å². The summed E-state index contributed by atoms with van der Waals surface area (Å²) in [7, 11) is 0. The quantitative estimate of drug-likeness (QED) is 0.647. The van der Waals surface area contributed by atoms with E-state index in [0.29, 0.717) is 16.1 Å². The fraction of sp³-hybridized carbons (Fsp3) is 0.308. The molecule has 20 heavy (non-hydrogen) atoms. The van der Waals surface area contributed by atoms with Crippen LogP contribution in [0.2, 0.25) is 0 Å². The van der Waals surface area contributed by atoms with Crippen molar-refractivity contribution in [3.63, 3.8) is 0 Å². The van der Waals surface area contributed by atoms with E-state index in [1.807, 2.05) is 30.3 Å². The van der Waals surface area contributed by atoms with Gasteiger partial charge in [-0.2, -0.15) is 0 Å². The largest absolute Gasteiger partial charge is 0.300 e. The van der Waals surface area contributed by atoms with E-state index in [0.717, 1.165) is 9.24 Å². The van der Waals surface area contributed by atoms with Crippen LogP contribution in [0.25, 0.3) is 0 Å².